The predicted octanol–water partition coefficient (Wildman–Crippen LogP) is 2.11. The first-order chi connectivity index (χ1) is 13.8. The molecule has 1 fully saturated rings. The van der Waals surface area contributed by atoms with Crippen molar-refractivity contribution in [2.45, 2.75) is 31.6 Å². The number of fused-ring (bicyclic) bond motifs is 1. The molecule has 1 aromatic carbocycles. The summed E-state index contributed by atoms with van der Waals surface area (Å²) in [5, 5.41) is 6.85. The molecule has 9 nitrogen and oxygen atoms in total. The van der Waals surface area contributed by atoms with Crippen LogP contribution in [0.2, 0.25) is 0 Å². The number of carbonyl (C=O) groups is 1. The number of nitrogens with zero attached hydrogens (tertiary/aromatic N) is 5. The fourth-order valence-corrected chi connectivity index (χ4v) is 5.01. The minimum Gasteiger partial charge on any atom is -0.319 e. The standard InChI is InChI=1S/C19H22N6O3S/c1-13-4-3-11-24(12-13)29(27,28)16-7-5-15(6-8-16)21-18(26)17-22-19-20-10-9-14(2)25(19)23-17/h5-10,13H,3-4,11-12H2,1-2H3,(H,21,26)/t13-/m1/s1. The summed E-state index contributed by atoms with van der Waals surface area (Å²) in [5.41, 5.74) is 1.27. The number of benzene rings is 1. The Morgan fingerprint density at radius 2 is 1.97 bits per heavy atom. The second-order valence-corrected chi connectivity index (χ2v) is 9.26. The first-order valence-corrected chi connectivity index (χ1v) is 10.9. The summed E-state index contributed by atoms with van der Waals surface area (Å²) >= 11 is 0. The number of nitrogens with one attached hydrogen (secondary N) is 1. The van der Waals surface area contributed by atoms with E-state index in [1.54, 1.807) is 24.4 Å². The molecule has 1 aliphatic heterocycles. The Morgan fingerprint density at radius 1 is 1.21 bits per heavy atom. The van der Waals surface area contributed by atoms with Gasteiger partial charge in [-0.15, -0.1) is 5.10 Å². The number of amides is 1. The van der Waals surface area contributed by atoms with Crippen LogP contribution in [-0.2, 0) is 10.0 Å². The highest BCUT2D eigenvalue weighted by molar-refractivity contribution is 7.89. The van der Waals surface area contributed by atoms with Gasteiger partial charge in [-0.3, -0.25) is 4.79 Å². The van der Waals surface area contributed by atoms with Gasteiger partial charge in [-0.25, -0.2) is 17.9 Å². The van der Waals surface area contributed by atoms with E-state index in [0.29, 0.717) is 30.5 Å². The maximum atomic E-state index is 12.8. The maximum absolute atomic E-state index is 12.8. The lowest BCUT2D eigenvalue weighted by molar-refractivity contribution is 0.101. The molecule has 0 spiro atoms. The molecule has 0 saturated carbocycles. The summed E-state index contributed by atoms with van der Waals surface area (Å²) in [7, 11) is -3.53. The molecule has 3 heterocycles. The largest absolute Gasteiger partial charge is 0.319 e. The minimum absolute atomic E-state index is 0.00852. The van der Waals surface area contributed by atoms with E-state index >= 15 is 0 Å². The molecule has 10 heteroatoms. The van der Waals surface area contributed by atoms with Crippen LogP contribution in [0.4, 0.5) is 5.69 Å². The molecule has 1 saturated heterocycles. The molecular formula is C19H22N6O3S. The van der Waals surface area contributed by atoms with Crippen LogP contribution in [0.3, 0.4) is 0 Å². The van der Waals surface area contributed by atoms with Crippen molar-refractivity contribution in [3.8, 4) is 0 Å². The highest BCUT2D eigenvalue weighted by Gasteiger charge is 2.28. The summed E-state index contributed by atoms with van der Waals surface area (Å²) < 4.78 is 28.7. The van der Waals surface area contributed by atoms with Crippen LogP contribution in [0.25, 0.3) is 5.78 Å². The van der Waals surface area contributed by atoms with Crippen molar-refractivity contribution >= 4 is 27.4 Å². The van der Waals surface area contributed by atoms with Gasteiger partial charge in [0.15, 0.2) is 0 Å². The topological polar surface area (TPSA) is 110 Å². The second-order valence-electron chi connectivity index (χ2n) is 7.32. The van der Waals surface area contributed by atoms with Crippen LogP contribution in [0.5, 0.6) is 0 Å². The van der Waals surface area contributed by atoms with Crippen molar-refractivity contribution in [1.29, 1.82) is 0 Å². The van der Waals surface area contributed by atoms with Crippen molar-refractivity contribution in [2.75, 3.05) is 18.4 Å². The zero-order chi connectivity index (χ0) is 20.6. The summed E-state index contributed by atoms with van der Waals surface area (Å²) in [6.07, 6.45) is 3.52. The number of sulfonamides is 1. The van der Waals surface area contributed by atoms with Gasteiger partial charge in [0.05, 0.1) is 4.90 Å². The number of rotatable bonds is 4. The quantitative estimate of drug-likeness (QED) is 0.700. The fourth-order valence-electron chi connectivity index (χ4n) is 3.41. The van der Waals surface area contributed by atoms with Gasteiger partial charge in [0.25, 0.3) is 11.7 Å². The van der Waals surface area contributed by atoms with Crippen molar-refractivity contribution < 1.29 is 13.2 Å². The molecular weight excluding hydrogens is 392 g/mol. The zero-order valence-corrected chi connectivity index (χ0v) is 17.1. The molecule has 0 aliphatic carbocycles. The van der Waals surface area contributed by atoms with Crippen LogP contribution in [-0.4, -0.2) is 51.3 Å². The summed E-state index contributed by atoms with van der Waals surface area (Å²) in [6, 6.07) is 7.92. The molecule has 29 heavy (non-hydrogen) atoms. The van der Waals surface area contributed by atoms with Gasteiger partial charge in [-0.2, -0.15) is 9.29 Å². The number of carbonyl (C=O) groups excluding carboxylic acids is 1. The summed E-state index contributed by atoms with van der Waals surface area (Å²) in [5.74, 6) is 0.196. The average Bonchev–Trinajstić information content (AvgIpc) is 3.14. The molecule has 1 amide bonds. The number of aryl methyl sites for hydroxylation is 1. The minimum atomic E-state index is -3.53. The van der Waals surface area contributed by atoms with Crippen LogP contribution in [0.15, 0.2) is 41.4 Å². The van der Waals surface area contributed by atoms with E-state index in [1.165, 1.54) is 21.0 Å². The van der Waals surface area contributed by atoms with Crippen molar-refractivity contribution in [2.24, 2.45) is 5.92 Å². The van der Waals surface area contributed by atoms with E-state index in [9.17, 15) is 13.2 Å². The number of piperidine rings is 1. The van der Waals surface area contributed by atoms with Crippen molar-refractivity contribution in [1.82, 2.24) is 23.9 Å². The third-order valence-electron chi connectivity index (χ3n) is 5.00. The molecule has 0 bridgehead atoms. The zero-order valence-electron chi connectivity index (χ0n) is 16.2. The van der Waals surface area contributed by atoms with Crippen LogP contribution < -0.4 is 5.32 Å². The lowest BCUT2D eigenvalue weighted by Gasteiger charge is -2.30. The fraction of sp³-hybridized carbons (Fsp3) is 0.368. The first-order valence-electron chi connectivity index (χ1n) is 9.44. The molecule has 0 unspecified atom stereocenters. The van der Waals surface area contributed by atoms with Gasteiger partial charge in [0, 0.05) is 30.7 Å². The third-order valence-corrected chi connectivity index (χ3v) is 6.88. The number of hydrogen-bond acceptors (Lipinski definition) is 6. The Labute approximate surface area is 168 Å². The van der Waals surface area contributed by atoms with E-state index in [2.05, 4.69) is 27.3 Å². The van der Waals surface area contributed by atoms with Gasteiger partial charge in [0.2, 0.25) is 15.8 Å². The number of hydrogen-bond donors (Lipinski definition) is 1. The molecule has 0 radical (unpaired) electrons. The Morgan fingerprint density at radius 3 is 2.66 bits per heavy atom. The van der Waals surface area contributed by atoms with Crippen LogP contribution >= 0.6 is 0 Å². The molecule has 2 aromatic heterocycles. The lowest BCUT2D eigenvalue weighted by Crippen LogP contribution is -2.39. The maximum Gasteiger partial charge on any atom is 0.295 e. The van der Waals surface area contributed by atoms with Crippen LogP contribution in [0, 0.1) is 12.8 Å². The molecule has 3 aromatic rings. The predicted molar refractivity (Wildman–Crippen MR) is 107 cm³/mol. The van der Waals surface area contributed by atoms with E-state index in [4.69, 9.17) is 0 Å². The highest BCUT2D eigenvalue weighted by Crippen LogP contribution is 2.24. The van der Waals surface area contributed by atoms with Gasteiger partial charge >= 0.3 is 0 Å². The Bertz CT molecular complexity index is 1160. The first kappa shape index (κ1) is 19.5. The molecule has 4 rings (SSSR count). The monoisotopic (exact) mass is 414 g/mol. The van der Waals surface area contributed by atoms with E-state index in [-0.39, 0.29) is 10.7 Å². The van der Waals surface area contributed by atoms with E-state index in [1.807, 2.05) is 6.92 Å². The SMILES string of the molecule is Cc1ccnc2nc(C(=O)Nc3ccc(S(=O)(=O)N4CCC[C@@H](C)C4)cc3)nn12. The van der Waals surface area contributed by atoms with Gasteiger partial charge < -0.3 is 5.32 Å². The molecule has 1 aliphatic rings. The van der Waals surface area contributed by atoms with Crippen molar-refractivity contribution in [3.63, 3.8) is 0 Å². The van der Waals surface area contributed by atoms with Gasteiger partial charge in [-0.1, -0.05) is 6.92 Å². The Balaban J connectivity index is 1.50. The molecule has 1 atom stereocenters. The van der Waals surface area contributed by atoms with Gasteiger partial charge in [-0.05, 0) is 56.0 Å². The average molecular weight is 414 g/mol. The van der Waals surface area contributed by atoms with E-state index in [0.717, 1.165) is 18.5 Å². The normalized spacial score (nSPS) is 18.1. The smallest absolute Gasteiger partial charge is 0.295 e. The number of aromatic nitrogens is 4. The van der Waals surface area contributed by atoms with Crippen LogP contribution in [0.1, 0.15) is 36.1 Å². The van der Waals surface area contributed by atoms with Crippen molar-refractivity contribution in [3.05, 3.63) is 48.0 Å². The highest BCUT2D eigenvalue weighted by atomic mass is 32.2. The Hall–Kier alpha value is -2.85. The molecule has 1 N–H and O–H groups in total. The van der Waals surface area contributed by atoms with E-state index < -0.39 is 15.9 Å². The Kier molecular flexibility index (Phi) is 5.05. The number of anilines is 1. The molecule has 152 valence electrons. The third kappa shape index (κ3) is 3.85. The summed E-state index contributed by atoms with van der Waals surface area (Å²) in [6.45, 7) is 4.98. The lowest BCUT2D eigenvalue weighted by atomic mass is 10.0. The van der Waals surface area contributed by atoms with Gasteiger partial charge in [0.1, 0.15) is 0 Å². The second kappa shape index (κ2) is 7.53. The summed E-state index contributed by atoms with van der Waals surface area (Å²) in [4.78, 5) is 20.9.